The molecule has 0 unspecified atom stereocenters. The number of hydrogen-bond donors (Lipinski definition) is 1. The first-order chi connectivity index (χ1) is 10.3. The number of methoxy groups -OCH3 is 1. The standard InChI is InChI=1S/C16H23N3O2.2ClH/c1-21-14-5-2-4-13(12-14)18-8-10-19(11-9-18)16(20)15-6-3-7-17-15;;/h2,4-5,12,15,17H,3,6-11H2,1H3;2*1H/t15-;;/m0../s1. The summed E-state index contributed by atoms with van der Waals surface area (Å²) >= 11 is 0. The van der Waals surface area contributed by atoms with E-state index in [4.69, 9.17) is 4.74 Å². The van der Waals surface area contributed by atoms with Crippen molar-refractivity contribution in [2.75, 3.05) is 44.7 Å². The van der Waals surface area contributed by atoms with Gasteiger partial charge in [-0.05, 0) is 31.5 Å². The van der Waals surface area contributed by atoms with Crippen LogP contribution < -0.4 is 15.0 Å². The van der Waals surface area contributed by atoms with E-state index < -0.39 is 0 Å². The van der Waals surface area contributed by atoms with Gasteiger partial charge in [0.25, 0.3) is 0 Å². The van der Waals surface area contributed by atoms with Crippen LogP contribution >= 0.6 is 24.8 Å². The molecule has 0 spiro atoms. The van der Waals surface area contributed by atoms with Gasteiger partial charge in [-0.15, -0.1) is 24.8 Å². The van der Waals surface area contributed by atoms with Crippen LogP contribution in [0.5, 0.6) is 5.75 Å². The molecule has 130 valence electrons. The number of carbonyl (C=O) groups excluding carboxylic acids is 1. The number of hydrogen-bond acceptors (Lipinski definition) is 4. The number of halogens is 2. The summed E-state index contributed by atoms with van der Waals surface area (Å²) < 4.78 is 5.27. The molecule has 23 heavy (non-hydrogen) atoms. The monoisotopic (exact) mass is 361 g/mol. The third-order valence-electron chi connectivity index (χ3n) is 4.37. The fraction of sp³-hybridized carbons (Fsp3) is 0.562. The number of ether oxygens (including phenoxy) is 1. The summed E-state index contributed by atoms with van der Waals surface area (Å²) in [5, 5.41) is 3.29. The molecule has 2 fully saturated rings. The quantitative estimate of drug-likeness (QED) is 0.893. The summed E-state index contributed by atoms with van der Waals surface area (Å²) in [6.45, 7) is 4.33. The van der Waals surface area contributed by atoms with Crippen molar-refractivity contribution in [3.05, 3.63) is 24.3 Å². The lowest BCUT2D eigenvalue weighted by Gasteiger charge is -2.37. The normalized spacial score (nSPS) is 20.5. The first-order valence-electron chi connectivity index (χ1n) is 7.69. The van der Waals surface area contributed by atoms with Crippen LogP contribution in [0.1, 0.15) is 12.8 Å². The molecule has 5 nitrogen and oxygen atoms in total. The Morgan fingerprint density at radius 1 is 1.22 bits per heavy atom. The van der Waals surface area contributed by atoms with Crippen molar-refractivity contribution in [2.45, 2.75) is 18.9 Å². The van der Waals surface area contributed by atoms with E-state index in [2.05, 4.69) is 22.3 Å². The fourth-order valence-corrected chi connectivity index (χ4v) is 3.11. The SMILES string of the molecule is COc1cccc(N2CCN(C(=O)[C@@H]3CCCN3)CC2)c1.Cl.Cl. The van der Waals surface area contributed by atoms with Gasteiger partial charge in [-0.2, -0.15) is 0 Å². The molecule has 1 N–H and O–H groups in total. The Kier molecular flexibility index (Phi) is 7.95. The van der Waals surface area contributed by atoms with Gasteiger partial charge in [0.2, 0.25) is 5.91 Å². The molecule has 2 heterocycles. The van der Waals surface area contributed by atoms with Gasteiger partial charge in [0, 0.05) is 37.9 Å². The van der Waals surface area contributed by atoms with Crippen LogP contribution in [-0.2, 0) is 4.79 Å². The van der Waals surface area contributed by atoms with Crippen molar-refractivity contribution in [2.24, 2.45) is 0 Å². The van der Waals surface area contributed by atoms with Gasteiger partial charge in [0.1, 0.15) is 5.75 Å². The Bertz CT molecular complexity index is 502. The highest BCUT2D eigenvalue weighted by molar-refractivity contribution is 5.85. The van der Waals surface area contributed by atoms with Crippen molar-refractivity contribution in [1.82, 2.24) is 10.2 Å². The molecule has 7 heteroatoms. The number of nitrogens with zero attached hydrogens (tertiary/aromatic N) is 2. The van der Waals surface area contributed by atoms with Gasteiger partial charge in [0.15, 0.2) is 0 Å². The maximum absolute atomic E-state index is 12.4. The Morgan fingerprint density at radius 2 is 1.96 bits per heavy atom. The molecule has 2 saturated heterocycles. The summed E-state index contributed by atoms with van der Waals surface area (Å²) in [5.74, 6) is 1.15. The molecular weight excluding hydrogens is 337 g/mol. The van der Waals surface area contributed by atoms with Crippen molar-refractivity contribution in [3.8, 4) is 5.75 Å². The number of rotatable bonds is 3. The molecule has 1 aromatic carbocycles. The Morgan fingerprint density at radius 3 is 2.57 bits per heavy atom. The number of anilines is 1. The fourth-order valence-electron chi connectivity index (χ4n) is 3.11. The van der Waals surface area contributed by atoms with Gasteiger partial charge in [0.05, 0.1) is 13.2 Å². The second-order valence-electron chi connectivity index (χ2n) is 5.66. The maximum atomic E-state index is 12.4. The molecule has 0 saturated carbocycles. The zero-order chi connectivity index (χ0) is 14.7. The lowest BCUT2D eigenvalue weighted by molar-refractivity contribution is -0.133. The van der Waals surface area contributed by atoms with Gasteiger partial charge in [-0.25, -0.2) is 0 Å². The Balaban J connectivity index is 0.00000132. The molecule has 1 aromatic rings. The zero-order valence-corrected chi connectivity index (χ0v) is 15.0. The Hall–Kier alpha value is -1.17. The number of benzene rings is 1. The molecular formula is C16H25Cl2N3O2. The summed E-state index contributed by atoms with van der Waals surface area (Å²) in [6, 6.07) is 8.16. The van der Waals surface area contributed by atoms with Crippen molar-refractivity contribution in [3.63, 3.8) is 0 Å². The Labute approximate surface area is 150 Å². The average molecular weight is 362 g/mol. The number of amides is 1. The lowest BCUT2D eigenvalue weighted by Crippen LogP contribution is -2.53. The van der Waals surface area contributed by atoms with Crippen LogP contribution in [0, 0.1) is 0 Å². The van der Waals surface area contributed by atoms with Crippen LogP contribution in [0.15, 0.2) is 24.3 Å². The van der Waals surface area contributed by atoms with Gasteiger partial charge < -0.3 is 19.9 Å². The summed E-state index contributed by atoms with van der Waals surface area (Å²) in [4.78, 5) is 16.7. The predicted octanol–water partition coefficient (Wildman–Crippen LogP) is 1.94. The van der Waals surface area contributed by atoms with Crippen LogP contribution in [0.25, 0.3) is 0 Å². The lowest BCUT2D eigenvalue weighted by atomic mass is 10.1. The predicted molar refractivity (Wildman–Crippen MR) is 97.3 cm³/mol. The molecule has 0 aliphatic carbocycles. The summed E-state index contributed by atoms with van der Waals surface area (Å²) in [7, 11) is 1.68. The second-order valence-corrected chi connectivity index (χ2v) is 5.66. The molecule has 3 rings (SSSR count). The minimum absolute atomic E-state index is 0. The molecule has 2 aliphatic heterocycles. The van der Waals surface area contributed by atoms with Crippen LogP contribution in [-0.4, -0.2) is 56.7 Å². The van der Waals surface area contributed by atoms with E-state index in [0.29, 0.717) is 0 Å². The summed E-state index contributed by atoms with van der Waals surface area (Å²) in [5.41, 5.74) is 1.17. The second kappa shape index (κ2) is 9.21. The molecule has 1 atom stereocenters. The average Bonchev–Trinajstić information content (AvgIpc) is 3.09. The molecule has 0 aromatic heterocycles. The van der Waals surface area contributed by atoms with Crippen molar-refractivity contribution < 1.29 is 9.53 Å². The third-order valence-corrected chi connectivity index (χ3v) is 4.37. The van der Waals surface area contributed by atoms with Crippen LogP contribution in [0.3, 0.4) is 0 Å². The van der Waals surface area contributed by atoms with E-state index in [1.807, 2.05) is 17.0 Å². The van der Waals surface area contributed by atoms with E-state index in [0.717, 1.165) is 51.3 Å². The zero-order valence-electron chi connectivity index (χ0n) is 13.4. The molecule has 0 bridgehead atoms. The highest BCUT2D eigenvalue weighted by Crippen LogP contribution is 2.22. The highest BCUT2D eigenvalue weighted by Gasteiger charge is 2.29. The molecule has 1 amide bonds. The van der Waals surface area contributed by atoms with E-state index in [1.165, 1.54) is 5.69 Å². The van der Waals surface area contributed by atoms with Crippen molar-refractivity contribution in [1.29, 1.82) is 0 Å². The molecule has 2 aliphatic rings. The maximum Gasteiger partial charge on any atom is 0.239 e. The first-order valence-corrected chi connectivity index (χ1v) is 7.69. The van der Waals surface area contributed by atoms with Crippen molar-refractivity contribution >= 4 is 36.4 Å². The minimum Gasteiger partial charge on any atom is -0.497 e. The number of carbonyl (C=O) groups is 1. The van der Waals surface area contributed by atoms with E-state index in [1.54, 1.807) is 7.11 Å². The van der Waals surface area contributed by atoms with Gasteiger partial charge >= 0.3 is 0 Å². The van der Waals surface area contributed by atoms with Gasteiger partial charge in [-0.1, -0.05) is 6.07 Å². The van der Waals surface area contributed by atoms with E-state index in [9.17, 15) is 4.79 Å². The van der Waals surface area contributed by atoms with Crippen LogP contribution in [0.2, 0.25) is 0 Å². The largest absolute Gasteiger partial charge is 0.497 e. The van der Waals surface area contributed by atoms with Gasteiger partial charge in [-0.3, -0.25) is 4.79 Å². The van der Waals surface area contributed by atoms with E-state index in [-0.39, 0.29) is 36.8 Å². The van der Waals surface area contributed by atoms with Crippen LogP contribution in [0.4, 0.5) is 5.69 Å². The molecule has 0 radical (unpaired) electrons. The third kappa shape index (κ3) is 4.66. The number of nitrogens with one attached hydrogen (secondary N) is 1. The smallest absolute Gasteiger partial charge is 0.239 e. The number of piperazine rings is 1. The minimum atomic E-state index is 0. The first kappa shape index (κ1) is 19.9. The highest BCUT2D eigenvalue weighted by atomic mass is 35.5. The summed E-state index contributed by atoms with van der Waals surface area (Å²) in [6.07, 6.45) is 2.09. The van der Waals surface area contributed by atoms with E-state index >= 15 is 0 Å². The topological polar surface area (TPSA) is 44.8 Å².